The van der Waals surface area contributed by atoms with E-state index in [1.54, 1.807) is 12.1 Å². The van der Waals surface area contributed by atoms with Crippen LogP contribution in [-0.4, -0.2) is 17.4 Å². The molecule has 0 atom stereocenters. The van der Waals surface area contributed by atoms with Gasteiger partial charge in [0.1, 0.15) is 17.5 Å². The first kappa shape index (κ1) is 15.0. The van der Waals surface area contributed by atoms with Gasteiger partial charge in [-0.2, -0.15) is 0 Å². The Bertz CT molecular complexity index is 665. The Kier molecular flexibility index (Phi) is 4.21. The quantitative estimate of drug-likeness (QED) is 0.669. The van der Waals surface area contributed by atoms with Crippen LogP contribution >= 0.6 is 0 Å². The average molecular weight is 286 g/mol. The third-order valence-electron chi connectivity index (χ3n) is 3.31. The fraction of sp³-hybridized carbons (Fsp3) is 0.250. The standard InChI is InChI=1S/C16H19FN4/c1-4-21(13-7-5-12(17)6-8-13)16-14(15(18)19)10(2)9-11(3)20-16/h5-9H,4H2,1-3H3,(H3,18,19). The number of amidine groups is 1. The van der Waals surface area contributed by atoms with Crippen molar-refractivity contribution >= 4 is 17.3 Å². The Balaban J connectivity index is 2.61. The SMILES string of the molecule is CCN(c1ccc(F)cc1)c1nc(C)cc(C)c1C(=N)N. The topological polar surface area (TPSA) is 66.0 Å². The Morgan fingerprint density at radius 3 is 2.43 bits per heavy atom. The van der Waals surface area contributed by atoms with Crippen LogP contribution in [0.2, 0.25) is 0 Å². The summed E-state index contributed by atoms with van der Waals surface area (Å²) in [6.45, 7) is 6.43. The molecule has 0 unspecified atom stereocenters. The number of nitrogen functional groups attached to an aromatic ring is 1. The molecule has 0 saturated carbocycles. The van der Waals surface area contributed by atoms with Crippen LogP contribution in [-0.2, 0) is 0 Å². The lowest BCUT2D eigenvalue weighted by molar-refractivity contribution is 0.627. The molecule has 0 aliphatic carbocycles. The van der Waals surface area contributed by atoms with Gasteiger partial charge in [-0.05, 0) is 56.7 Å². The largest absolute Gasteiger partial charge is 0.384 e. The van der Waals surface area contributed by atoms with E-state index < -0.39 is 0 Å². The highest BCUT2D eigenvalue weighted by Gasteiger charge is 2.18. The second-order valence-electron chi connectivity index (χ2n) is 4.91. The van der Waals surface area contributed by atoms with Gasteiger partial charge in [0.05, 0.1) is 5.56 Å². The zero-order valence-electron chi connectivity index (χ0n) is 12.4. The number of pyridine rings is 1. The van der Waals surface area contributed by atoms with Crippen molar-refractivity contribution in [1.29, 1.82) is 5.41 Å². The van der Waals surface area contributed by atoms with Gasteiger partial charge in [-0.15, -0.1) is 0 Å². The highest BCUT2D eigenvalue weighted by atomic mass is 19.1. The zero-order valence-corrected chi connectivity index (χ0v) is 12.4. The van der Waals surface area contributed by atoms with Crippen LogP contribution in [0, 0.1) is 25.1 Å². The number of nitrogens with zero attached hydrogens (tertiary/aromatic N) is 2. The lowest BCUT2D eigenvalue weighted by atomic mass is 10.1. The Morgan fingerprint density at radius 1 is 1.29 bits per heavy atom. The summed E-state index contributed by atoms with van der Waals surface area (Å²) in [6.07, 6.45) is 0. The maximum Gasteiger partial charge on any atom is 0.144 e. The molecule has 0 spiro atoms. The van der Waals surface area contributed by atoms with E-state index in [1.807, 2.05) is 31.7 Å². The molecule has 0 radical (unpaired) electrons. The van der Waals surface area contributed by atoms with Gasteiger partial charge < -0.3 is 10.6 Å². The minimum atomic E-state index is -0.282. The molecule has 0 bridgehead atoms. The molecular weight excluding hydrogens is 267 g/mol. The van der Waals surface area contributed by atoms with Crippen LogP contribution in [0.25, 0.3) is 0 Å². The molecule has 21 heavy (non-hydrogen) atoms. The maximum atomic E-state index is 13.1. The van der Waals surface area contributed by atoms with Crippen molar-refractivity contribution in [3.05, 3.63) is 53.0 Å². The van der Waals surface area contributed by atoms with Crippen molar-refractivity contribution in [1.82, 2.24) is 4.98 Å². The van der Waals surface area contributed by atoms with Crippen molar-refractivity contribution in [2.24, 2.45) is 5.73 Å². The van der Waals surface area contributed by atoms with Gasteiger partial charge >= 0.3 is 0 Å². The number of hydrogen-bond donors (Lipinski definition) is 2. The number of anilines is 2. The molecule has 4 nitrogen and oxygen atoms in total. The number of nitrogens with one attached hydrogen (secondary N) is 1. The summed E-state index contributed by atoms with van der Waals surface area (Å²) in [5, 5.41) is 7.80. The van der Waals surface area contributed by atoms with Crippen LogP contribution in [0.3, 0.4) is 0 Å². The predicted octanol–water partition coefficient (Wildman–Crippen LogP) is 3.28. The number of aryl methyl sites for hydroxylation is 2. The van der Waals surface area contributed by atoms with Gasteiger partial charge in [0.2, 0.25) is 0 Å². The van der Waals surface area contributed by atoms with E-state index in [0.29, 0.717) is 17.9 Å². The number of halogens is 1. The van der Waals surface area contributed by atoms with Gasteiger partial charge in [0.25, 0.3) is 0 Å². The first-order valence-corrected chi connectivity index (χ1v) is 6.79. The van der Waals surface area contributed by atoms with Gasteiger partial charge in [-0.3, -0.25) is 5.41 Å². The summed E-state index contributed by atoms with van der Waals surface area (Å²) in [6, 6.07) is 8.12. The fourth-order valence-electron chi connectivity index (χ4n) is 2.42. The fourth-order valence-corrected chi connectivity index (χ4v) is 2.42. The minimum absolute atomic E-state index is 0.0180. The van der Waals surface area contributed by atoms with Gasteiger partial charge in [-0.1, -0.05) is 0 Å². The number of hydrogen-bond acceptors (Lipinski definition) is 3. The van der Waals surface area contributed by atoms with Crippen molar-refractivity contribution in [2.75, 3.05) is 11.4 Å². The van der Waals surface area contributed by atoms with E-state index in [-0.39, 0.29) is 11.7 Å². The van der Waals surface area contributed by atoms with Gasteiger partial charge in [0, 0.05) is 17.9 Å². The van der Waals surface area contributed by atoms with Crippen LogP contribution in [0.15, 0.2) is 30.3 Å². The molecule has 1 aromatic carbocycles. The lowest BCUT2D eigenvalue weighted by Gasteiger charge is -2.25. The zero-order chi connectivity index (χ0) is 15.6. The minimum Gasteiger partial charge on any atom is -0.384 e. The van der Waals surface area contributed by atoms with E-state index in [1.165, 1.54) is 12.1 Å². The first-order chi connectivity index (χ1) is 9.93. The summed E-state index contributed by atoms with van der Waals surface area (Å²) in [7, 11) is 0. The highest BCUT2D eigenvalue weighted by molar-refractivity contribution is 6.01. The Labute approximate surface area is 123 Å². The molecule has 0 amide bonds. The third-order valence-corrected chi connectivity index (χ3v) is 3.31. The monoisotopic (exact) mass is 286 g/mol. The third kappa shape index (κ3) is 3.02. The van der Waals surface area contributed by atoms with Crippen LogP contribution in [0.4, 0.5) is 15.9 Å². The predicted molar refractivity (Wildman–Crippen MR) is 83.8 cm³/mol. The molecule has 0 aliphatic rings. The molecule has 0 fully saturated rings. The molecule has 2 rings (SSSR count). The lowest BCUT2D eigenvalue weighted by Crippen LogP contribution is -2.24. The smallest absolute Gasteiger partial charge is 0.144 e. The summed E-state index contributed by atoms with van der Waals surface area (Å²) in [5.41, 5.74) is 8.92. The molecular formula is C16H19FN4. The molecule has 1 aromatic heterocycles. The molecule has 1 heterocycles. The van der Waals surface area contributed by atoms with E-state index >= 15 is 0 Å². The highest BCUT2D eigenvalue weighted by Crippen LogP contribution is 2.29. The molecule has 0 aliphatic heterocycles. The second kappa shape index (κ2) is 5.91. The number of benzene rings is 1. The average Bonchev–Trinajstić information content (AvgIpc) is 2.40. The molecule has 2 aromatic rings. The maximum absolute atomic E-state index is 13.1. The summed E-state index contributed by atoms with van der Waals surface area (Å²) < 4.78 is 13.1. The number of rotatable bonds is 4. The Hall–Kier alpha value is -2.43. The van der Waals surface area contributed by atoms with E-state index in [2.05, 4.69) is 4.98 Å². The van der Waals surface area contributed by atoms with Gasteiger partial charge in [-0.25, -0.2) is 9.37 Å². The van der Waals surface area contributed by atoms with E-state index in [9.17, 15) is 4.39 Å². The molecule has 0 saturated heterocycles. The van der Waals surface area contributed by atoms with Gasteiger partial charge in [0.15, 0.2) is 0 Å². The summed E-state index contributed by atoms with van der Waals surface area (Å²) in [4.78, 5) is 6.46. The van der Waals surface area contributed by atoms with Crippen LogP contribution in [0.5, 0.6) is 0 Å². The van der Waals surface area contributed by atoms with Crippen molar-refractivity contribution in [3.63, 3.8) is 0 Å². The van der Waals surface area contributed by atoms with E-state index in [4.69, 9.17) is 11.1 Å². The number of nitrogens with two attached hydrogens (primary N) is 1. The normalized spacial score (nSPS) is 10.5. The van der Waals surface area contributed by atoms with Crippen LogP contribution in [0.1, 0.15) is 23.7 Å². The van der Waals surface area contributed by atoms with Crippen LogP contribution < -0.4 is 10.6 Å². The molecule has 110 valence electrons. The van der Waals surface area contributed by atoms with E-state index in [0.717, 1.165) is 16.9 Å². The van der Waals surface area contributed by atoms with Crippen molar-refractivity contribution in [3.8, 4) is 0 Å². The first-order valence-electron chi connectivity index (χ1n) is 6.79. The van der Waals surface area contributed by atoms with Crippen molar-refractivity contribution < 1.29 is 4.39 Å². The summed E-state index contributed by atoms with van der Waals surface area (Å²) >= 11 is 0. The molecule has 5 heteroatoms. The second-order valence-corrected chi connectivity index (χ2v) is 4.91. The Morgan fingerprint density at radius 2 is 1.90 bits per heavy atom. The number of aromatic nitrogens is 1. The molecule has 3 N–H and O–H groups in total. The van der Waals surface area contributed by atoms with Crippen molar-refractivity contribution in [2.45, 2.75) is 20.8 Å². The summed E-state index contributed by atoms with van der Waals surface area (Å²) in [5.74, 6) is 0.333.